The summed E-state index contributed by atoms with van der Waals surface area (Å²) < 4.78 is 12.8. The van der Waals surface area contributed by atoms with Crippen LogP contribution in [-0.4, -0.2) is 9.97 Å². The molecule has 0 radical (unpaired) electrons. The molecule has 0 aliphatic heterocycles. The molecule has 8 aromatic carbocycles. The highest BCUT2D eigenvalue weighted by Crippen LogP contribution is 2.45. The molecule has 4 nitrogen and oxygen atoms in total. The third-order valence-corrected chi connectivity index (χ3v) is 10.0. The molecule has 3 heterocycles. The Morgan fingerprint density at radius 3 is 1.76 bits per heavy atom. The summed E-state index contributed by atoms with van der Waals surface area (Å²) in [4.78, 5) is 10.4. The summed E-state index contributed by atoms with van der Waals surface area (Å²) in [6.07, 6.45) is 0. The Bertz CT molecular complexity index is 3080. The minimum Gasteiger partial charge on any atom is -0.456 e. The van der Waals surface area contributed by atoms with Gasteiger partial charge in [0.15, 0.2) is 5.82 Å². The van der Waals surface area contributed by atoms with E-state index in [2.05, 4.69) is 115 Å². The fourth-order valence-corrected chi connectivity index (χ4v) is 7.69. The molecule has 232 valence electrons. The van der Waals surface area contributed by atoms with Crippen molar-refractivity contribution in [2.75, 3.05) is 0 Å². The Kier molecular flexibility index (Phi) is 5.63. The smallest absolute Gasteiger partial charge is 0.160 e. The van der Waals surface area contributed by atoms with E-state index in [1.54, 1.807) is 0 Å². The van der Waals surface area contributed by atoms with Gasteiger partial charge < -0.3 is 8.83 Å². The van der Waals surface area contributed by atoms with E-state index < -0.39 is 0 Å². The predicted molar refractivity (Wildman–Crippen MR) is 205 cm³/mol. The van der Waals surface area contributed by atoms with Gasteiger partial charge in [-0.25, -0.2) is 9.97 Å². The van der Waals surface area contributed by atoms with Gasteiger partial charge in [-0.05, 0) is 81.2 Å². The van der Waals surface area contributed by atoms with Crippen molar-refractivity contribution in [3.05, 3.63) is 158 Å². The van der Waals surface area contributed by atoms with Gasteiger partial charge in [0.05, 0.1) is 11.4 Å². The number of aromatic nitrogens is 2. The normalized spacial score (nSPS) is 12.0. The Labute approximate surface area is 286 Å². The van der Waals surface area contributed by atoms with Crippen LogP contribution < -0.4 is 0 Å². The molecule has 0 saturated carbocycles. The summed E-state index contributed by atoms with van der Waals surface area (Å²) in [7, 11) is 0. The second-order valence-corrected chi connectivity index (χ2v) is 12.9. The summed E-state index contributed by atoms with van der Waals surface area (Å²) in [5.41, 5.74) is 10.5. The van der Waals surface area contributed by atoms with Crippen LogP contribution in [0.4, 0.5) is 0 Å². The van der Waals surface area contributed by atoms with Gasteiger partial charge in [-0.3, -0.25) is 0 Å². The van der Waals surface area contributed by atoms with Gasteiger partial charge in [0.25, 0.3) is 0 Å². The van der Waals surface area contributed by atoms with Crippen LogP contribution in [0.3, 0.4) is 0 Å². The van der Waals surface area contributed by atoms with Crippen LogP contribution >= 0.6 is 0 Å². The minimum absolute atomic E-state index is 0.669. The highest BCUT2D eigenvalue weighted by Gasteiger charge is 2.20. The third-order valence-electron chi connectivity index (χ3n) is 10.0. The maximum absolute atomic E-state index is 6.51. The van der Waals surface area contributed by atoms with Crippen molar-refractivity contribution >= 4 is 65.4 Å². The second-order valence-electron chi connectivity index (χ2n) is 12.9. The van der Waals surface area contributed by atoms with E-state index in [9.17, 15) is 0 Å². The van der Waals surface area contributed by atoms with Crippen molar-refractivity contribution in [1.82, 2.24) is 9.97 Å². The Morgan fingerprint density at radius 1 is 0.300 bits per heavy atom. The molecule has 0 N–H and O–H groups in total. The number of fused-ring (bicyclic) bond motifs is 6. The summed E-state index contributed by atoms with van der Waals surface area (Å²) in [5, 5.41) is 9.18. The third kappa shape index (κ3) is 4.06. The Morgan fingerprint density at radius 2 is 0.900 bits per heavy atom. The zero-order chi connectivity index (χ0) is 32.8. The van der Waals surface area contributed by atoms with Crippen molar-refractivity contribution in [1.29, 1.82) is 0 Å². The van der Waals surface area contributed by atoms with E-state index in [0.29, 0.717) is 5.82 Å². The van der Waals surface area contributed by atoms with Crippen LogP contribution in [0.1, 0.15) is 0 Å². The molecule has 50 heavy (non-hydrogen) atoms. The molecular weight excluding hydrogens is 613 g/mol. The fraction of sp³-hybridized carbons (Fsp3) is 0. The van der Waals surface area contributed by atoms with Gasteiger partial charge in [-0.2, -0.15) is 0 Å². The maximum atomic E-state index is 6.51. The molecule has 3 aromatic heterocycles. The first kappa shape index (κ1) is 27.2. The average molecular weight is 639 g/mol. The van der Waals surface area contributed by atoms with Crippen LogP contribution in [0.25, 0.3) is 110 Å². The molecule has 0 atom stereocenters. The number of furan rings is 2. The van der Waals surface area contributed by atoms with Gasteiger partial charge in [0, 0.05) is 38.2 Å². The lowest BCUT2D eigenvalue weighted by atomic mass is 9.91. The summed E-state index contributed by atoms with van der Waals surface area (Å²) >= 11 is 0. The Hall–Kier alpha value is -6.78. The largest absolute Gasteiger partial charge is 0.456 e. The van der Waals surface area contributed by atoms with Gasteiger partial charge >= 0.3 is 0 Å². The number of hydrogen-bond acceptors (Lipinski definition) is 4. The summed E-state index contributed by atoms with van der Waals surface area (Å²) in [5.74, 6) is 0.669. The van der Waals surface area contributed by atoms with Crippen LogP contribution in [0.15, 0.2) is 167 Å². The molecule has 0 spiro atoms. The van der Waals surface area contributed by atoms with Crippen molar-refractivity contribution in [2.45, 2.75) is 0 Å². The van der Waals surface area contributed by atoms with Crippen molar-refractivity contribution in [3.63, 3.8) is 0 Å². The van der Waals surface area contributed by atoms with E-state index in [0.717, 1.165) is 88.5 Å². The van der Waals surface area contributed by atoms with Crippen LogP contribution in [0, 0.1) is 0 Å². The standard InChI is InChI=1S/C46H26N2O2/c1-3-10-27(11-4-1)31-23-37-32-20-19-30(22-36(32)35-15-9-17-41-44(35)45(37)43(25-31)50-41)46-47-38(28-12-5-2-6-13-28)26-39(48-46)29-18-21-34-33-14-7-8-16-40(33)49-42(34)24-29/h1-26H. The topological polar surface area (TPSA) is 52.1 Å². The van der Waals surface area contributed by atoms with Crippen LogP contribution in [-0.2, 0) is 0 Å². The lowest BCUT2D eigenvalue weighted by molar-refractivity contribution is 0.669. The molecule has 0 bridgehead atoms. The Balaban J connectivity index is 1.15. The van der Waals surface area contributed by atoms with E-state index in [4.69, 9.17) is 18.8 Å². The van der Waals surface area contributed by atoms with E-state index in [1.165, 1.54) is 16.2 Å². The molecule has 11 aromatic rings. The highest BCUT2D eigenvalue weighted by molar-refractivity contribution is 6.33. The number of hydrogen-bond donors (Lipinski definition) is 0. The number of para-hydroxylation sites is 1. The van der Waals surface area contributed by atoms with Gasteiger partial charge in [-0.15, -0.1) is 0 Å². The summed E-state index contributed by atoms with van der Waals surface area (Å²) in [6.45, 7) is 0. The van der Waals surface area contributed by atoms with Crippen molar-refractivity contribution < 1.29 is 8.83 Å². The molecule has 0 aliphatic carbocycles. The van der Waals surface area contributed by atoms with E-state index in [-0.39, 0.29) is 0 Å². The molecule has 0 amide bonds. The molecule has 0 saturated heterocycles. The molecule has 4 heteroatoms. The molecule has 0 aliphatic rings. The predicted octanol–water partition coefficient (Wildman–Crippen LogP) is 12.7. The van der Waals surface area contributed by atoms with E-state index in [1.807, 2.05) is 42.5 Å². The molecular formula is C46H26N2O2. The van der Waals surface area contributed by atoms with Crippen LogP contribution in [0.5, 0.6) is 0 Å². The number of benzene rings is 8. The quantitative estimate of drug-likeness (QED) is 0.180. The van der Waals surface area contributed by atoms with Crippen molar-refractivity contribution in [3.8, 4) is 45.0 Å². The molecule has 0 unspecified atom stereocenters. The monoisotopic (exact) mass is 638 g/mol. The van der Waals surface area contributed by atoms with E-state index >= 15 is 0 Å². The first-order chi connectivity index (χ1) is 24.7. The van der Waals surface area contributed by atoms with Crippen LogP contribution in [0.2, 0.25) is 0 Å². The minimum atomic E-state index is 0.669. The first-order valence-corrected chi connectivity index (χ1v) is 16.8. The zero-order valence-corrected chi connectivity index (χ0v) is 26.7. The fourth-order valence-electron chi connectivity index (χ4n) is 7.69. The van der Waals surface area contributed by atoms with Gasteiger partial charge in [0.1, 0.15) is 22.3 Å². The lowest BCUT2D eigenvalue weighted by Crippen LogP contribution is -1.96. The molecule has 11 rings (SSSR count). The maximum Gasteiger partial charge on any atom is 0.160 e. The SMILES string of the molecule is c1ccc(-c2cc3oc4cccc5c6cc(-c7nc(-c8ccccc8)cc(-c8ccc9c(c8)oc8ccccc89)n7)ccc6c(c2)c3c45)cc1. The highest BCUT2D eigenvalue weighted by atomic mass is 16.3. The first-order valence-electron chi connectivity index (χ1n) is 16.8. The van der Waals surface area contributed by atoms with Gasteiger partial charge in [0.2, 0.25) is 0 Å². The zero-order valence-electron chi connectivity index (χ0n) is 26.7. The lowest BCUT2D eigenvalue weighted by Gasteiger charge is -2.13. The van der Waals surface area contributed by atoms with Gasteiger partial charge in [-0.1, -0.05) is 109 Å². The molecule has 0 fully saturated rings. The second kappa shape index (κ2) is 10.4. The summed E-state index contributed by atoms with van der Waals surface area (Å²) in [6, 6.07) is 54.8. The van der Waals surface area contributed by atoms with Crippen molar-refractivity contribution in [2.24, 2.45) is 0 Å². The number of rotatable bonds is 4. The number of nitrogens with zero attached hydrogens (tertiary/aromatic N) is 2. The average Bonchev–Trinajstić information content (AvgIpc) is 3.76.